The van der Waals surface area contributed by atoms with Crippen LogP contribution in [0.3, 0.4) is 0 Å². The summed E-state index contributed by atoms with van der Waals surface area (Å²) in [5, 5.41) is 4.81. The number of hydrogen-bond acceptors (Lipinski definition) is 2. The largest absolute Gasteiger partial charge is 0.325 e. The number of fused-ring (bicyclic) bond motifs is 1. The third kappa shape index (κ3) is 1.53. The van der Waals surface area contributed by atoms with Crippen molar-refractivity contribution in [1.29, 1.82) is 0 Å². The SMILES string of the molecule is CN1C(=O)N[C@@](C)(c2cccc3ccccc23)C1=O. The van der Waals surface area contributed by atoms with Crippen molar-refractivity contribution in [2.24, 2.45) is 0 Å². The fraction of sp³-hybridized carbons (Fsp3) is 0.200. The maximum atomic E-state index is 12.3. The Balaban J connectivity index is 2.25. The lowest BCUT2D eigenvalue weighted by Gasteiger charge is -2.23. The van der Waals surface area contributed by atoms with Gasteiger partial charge in [-0.1, -0.05) is 42.5 Å². The molecule has 0 unspecified atom stereocenters. The Hall–Kier alpha value is -2.36. The highest BCUT2D eigenvalue weighted by atomic mass is 16.2. The van der Waals surface area contributed by atoms with Gasteiger partial charge in [-0.05, 0) is 23.3 Å². The lowest BCUT2D eigenvalue weighted by atomic mass is 9.88. The van der Waals surface area contributed by atoms with Crippen LogP contribution < -0.4 is 5.32 Å². The van der Waals surface area contributed by atoms with Gasteiger partial charge in [-0.3, -0.25) is 9.69 Å². The minimum absolute atomic E-state index is 0.228. The Kier molecular flexibility index (Phi) is 2.35. The molecule has 2 aromatic carbocycles. The molecule has 0 aromatic heterocycles. The summed E-state index contributed by atoms with van der Waals surface area (Å²) in [5.74, 6) is -0.228. The number of nitrogens with one attached hydrogen (secondary N) is 1. The van der Waals surface area contributed by atoms with E-state index in [0.29, 0.717) is 0 Å². The van der Waals surface area contributed by atoms with Crippen LogP contribution in [0, 0.1) is 0 Å². The van der Waals surface area contributed by atoms with Crippen molar-refractivity contribution < 1.29 is 9.59 Å². The molecule has 19 heavy (non-hydrogen) atoms. The molecule has 0 radical (unpaired) electrons. The van der Waals surface area contributed by atoms with Crippen LogP contribution in [0.15, 0.2) is 42.5 Å². The van der Waals surface area contributed by atoms with E-state index in [1.807, 2.05) is 42.5 Å². The van der Waals surface area contributed by atoms with Gasteiger partial charge >= 0.3 is 6.03 Å². The quantitative estimate of drug-likeness (QED) is 0.793. The molecule has 1 saturated heterocycles. The first-order valence-electron chi connectivity index (χ1n) is 6.12. The summed E-state index contributed by atoms with van der Waals surface area (Å²) in [4.78, 5) is 25.2. The minimum Gasteiger partial charge on any atom is -0.319 e. The number of urea groups is 1. The van der Waals surface area contributed by atoms with E-state index in [0.717, 1.165) is 21.2 Å². The number of nitrogens with zero attached hydrogens (tertiary/aromatic N) is 1. The Morgan fingerprint density at radius 2 is 1.74 bits per heavy atom. The molecule has 4 heteroatoms. The van der Waals surface area contributed by atoms with Crippen LogP contribution >= 0.6 is 0 Å². The average molecular weight is 254 g/mol. The zero-order valence-electron chi connectivity index (χ0n) is 10.8. The van der Waals surface area contributed by atoms with E-state index in [2.05, 4.69) is 5.32 Å². The molecule has 0 aliphatic carbocycles. The second-order valence-electron chi connectivity index (χ2n) is 4.95. The molecular weight excluding hydrogens is 240 g/mol. The molecule has 2 aromatic rings. The zero-order chi connectivity index (χ0) is 13.6. The predicted octanol–water partition coefficient (Wildman–Crippen LogP) is 2.24. The molecule has 0 bridgehead atoms. The lowest BCUT2D eigenvalue weighted by Crippen LogP contribution is -2.40. The predicted molar refractivity (Wildman–Crippen MR) is 72.6 cm³/mol. The molecule has 96 valence electrons. The number of benzene rings is 2. The Bertz CT molecular complexity index is 690. The van der Waals surface area contributed by atoms with Crippen LogP contribution in [-0.2, 0) is 10.3 Å². The lowest BCUT2D eigenvalue weighted by molar-refractivity contribution is -0.130. The van der Waals surface area contributed by atoms with Gasteiger partial charge in [-0.15, -0.1) is 0 Å². The van der Waals surface area contributed by atoms with E-state index in [1.165, 1.54) is 7.05 Å². The third-order valence-corrected chi connectivity index (χ3v) is 3.72. The summed E-state index contributed by atoms with van der Waals surface area (Å²) < 4.78 is 0. The molecular formula is C15H14N2O2. The first kappa shape index (κ1) is 11.7. The van der Waals surface area contributed by atoms with Crippen molar-refractivity contribution in [3.05, 3.63) is 48.0 Å². The van der Waals surface area contributed by atoms with E-state index in [4.69, 9.17) is 0 Å². The van der Waals surface area contributed by atoms with Crippen LogP contribution in [0.2, 0.25) is 0 Å². The number of carbonyl (C=O) groups excluding carboxylic acids is 2. The van der Waals surface area contributed by atoms with Crippen molar-refractivity contribution in [1.82, 2.24) is 10.2 Å². The van der Waals surface area contributed by atoms with Crippen LogP contribution in [0.5, 0.6) is 0 Å². The molecule has 1 atom stereocenters. The number of likely N-dealkylation sites (N-methyl/N-ethyl adjacent to an activating group) is 1. The summed E-state index contributed by atoms with van der Waals surface area (Å²) in [6.07, 6.45) is 0. The molecule has 1 aliphatic heterocycles. The number of imide groups is 1. The minimum atomic E-state index is -0.993. The summed E-state index contributed by atoms with van der Waals surface area (Å²) >= 11 is 0. The monoisotopic (exact) mass is 254 g/mol. The highest BCUT2D eigenvalue weighted by molar-refractivity contribution is 6.08. The summed E-state index contributed by atoms with van der Waals surface area (Å²) in [6, 6.07) is 13.3. The van der Waals surface area contributed by atoms with E-state index < -0.39 is 5.54 Å². The third-order valence-electron chi connectivity index (χ3n) is 3.72. The van der Waals surface area contributed by atoms with Crippen molar-refractivity contribution in [3.8, 4) is 0 Å². The Morgan fingerprint density at radius 3 is 2.42 bits per heavy atom. The molecule has 1 N–H and O–H groups in total. The number of rotatable bonds is 1. The van der Waals surface area contributed by atoms with Crippen molar-refractivity contribution in [3.63, 3.8) is 0 Å². The van der Waals surface area contributed by atoms with Crippen molar-refractivity contribution >= 4 is 22.7 Å². The van der Waals surface area contributed by atoms with E-state index in [1.54, 1.807) is 6.92 Å². The summed E-state index contributed by atoms with van der Waals surface area (Å²) in [5.41, 5.74) is -0.166. The highest BCUT2D eigenvalue weighted by Gasteiger charge is 2.47. The van der Waals surface area contributed by atoms with E-state index in [-0.39, 0.29) is 11.9 Å². The van der Waals surface area contributed by atoms with E-state index in [9.17, 15) is 9.59 Å². The molecule has 1 fully saturated rings. The van der Waals surface area contributed by atoms with Crippen molar-refractivity contribution in [2.75, 3.05) is 7.05 Å². The maximum absolute atomic E-state index is 12.3. The van der Waals surface area contributed by atoms with E-state index >= 15 is 0 Å². The number of amides is 3. The van der Waals surface area contributed by atoms with Crippen LogP contribution in [0.4, 0.5) is 4.79 Å². The van der Waals surface area contributed by atoms with Gasteiger partial charge in [0.05, 0.1) is 0 Å². The summed E-state index contributed by atoms with van der Waals surface area (Å²) in [6.45, 7) is 1.75. The normalized spacial score (nSPS) is 22.9. The standard InChI is InChI=1S/C15H14N2O2/c1-15(13(18)17(2)14(19)16-15)12-9-5-7-10-6-3-4-8-11(10)12/h3-9H,1-2H3,(H,16,19)/t15-/m0/s1. The van der Waals surface area contributed by atoms with Gasteiger partial charge in [-0.2, -0.15) is 0 Å². The van der Waals surface area contributed by atoms with Gasteiger partial charge in [0, 0.05) is 7.05 Å². The first-order valence-corrected chi connectivity index (χ1v) is 6.12. The van der Waals surface area contributed by atoms with Gasteiger partial charge in [0.1, 0.15) is 5.54 Å². The Labute approximate surface area is 111 Å². The second-order valence-corrected chi connectivity index (χ2v) is 4.95. The fourth-order valence-corrected chi connectivity index (χ4v) is 2.62. The zero-order valence-corrected chi connectivity index (χ0v) is 10.8. The number of carbonyl (C=O) groups is 2. The molecule has 0 spiro atoms. The highest BCUT2D eigenvalue weighted by Crippen LogP contribution is 2.33. The molecule has 4 nitrogen and oxygen atoms in total. The van der Waals surface area contributed by atoms with Gasteiger partial charge in [0.2, 0.25) is 0 Å². The van der Waals surface area contributed by atoms with Gasteiger partial charge in [0.15, 0.2) is 0 Å². The summed E-state index contributed by atoms with van der Waals surface area (Å²) in [7, 11) is 1.49. The topological polar surface area (TPSA) is 49.4 Å². The van der Waals surface area contributed by atoms with Crippen LogP contribution in [0.1, 0.15) is 12.5 Å². The fourth-order valence-electron chi connectivity index (χ4n) is 2.62. The second kappa shape index (κ2) is 3.82. The molecule has 3 amide bonds. The molecule has 0 saturated carbocycles. The number of hydrogen-bond donors (Lipinski definition) is 1. The molecule has 1 aliphatic rings. The van der Waals surface area contributed by atoms with Gasteiger partial charge < -0.3 is 5.32 Å². The van der Waals surface area contributed by atoms with Gasteiger partial charge in [0.25, 0.3) is 5.91 Å². The van der Waals surface area contributed by atoms with Crippen LogP contribution in [0.25, 0.3) is 10.8 Å². The first-order chi connectivity index (χ1) is 9.04. The van der Waals surface area contributed by atoms with Gasteiger partial charge in [-0.25, -0.2) is 4.79 Å². The van der Waals surface area contributed by atoms with Crippen LogP contribution in [-0.4, -0.2) is 23.9 Å². The smallest absolute Gasteiger partial charge is 0.319 e. The molecule has 1 heterocycles. The molecule has 3 rings (SSSR count). The Morgan fingerprint density at radius 1 is 1.05 bits per heavy atom. The average Bonchev–Trinajstić information content (AvgIpc) is 2.63. The van der Waals surface area contributed by atoms with Crippen molar-refractivity contribution in [2.45, 2.75) is 12.5 Å². The maximum Gasteiger partial charge on any atom is 0.325 e.